The molecule has 102 valence electrons. The highest BCUT2D eigenvalue weighted by molar-refractivity contribution is 5.76. The molecule has 4 aliphatic rings. The molecule has 4 bridgehead atoms. The summed E-state index contributed by atoms with van der Waals surface area (Å²) in [6.45, 7) is 8.29. The molecule has 0 aromatic rings. The van der Waals surface area contributed by atoms with Gasteiger partial charge in [-0.1, -0.05) is 6.92 Å². The minimum Gasteiger partial charge on any atom is -0.458 e. The molecule has 0 aromatic carbocycles. The molecular formula is C16H26O2. The second kappa shape index (κ2) is 3.74. The van der Waals surface area contributed by atoms with E-state index in [0.717, 1.165) is 18.3 Å². The number of hydrogen-bond acceptors (Lipinski definition) is 2. The molecule has 5 unspecified atom stereocenters. The fourth-order valence-electron chi connectivity index (χ4n) is 4.67. The lowest BCUT2D eigenvalue weighted by Gasteiger charge is -2.42. The summed E-state index contributed by atoms with van der Waals surface area (Å²) in [5.41, 5.74) is -0.482. The van der Waals surface area contributed by atoms with Crippen LogP contribution in [0.3, 0.4) is 0 Å². The molecule has 4 fully saturated rings. The number of hydrogen-bond donors (Lipinski definition) is 0. The van der Waals surface area contributed by atoms with Gasteiger partial charge < -0.3 is 4.74 Å². The Morgan fingerprint density at radius 3 is 2.61 bits per heavy atom. The number of carbonyl (C=O) groups is 1. The van der Waals surface area contributed by atoms with Crippen molar-refractivity contribution in [3.8, 4) is 0 Å². The zero-order valence-corrected chi connectivity index (χ0v) is 12.2. The summed E-state index contributed by atoms with van der Waals surface area (Å²) in [6, 6.07) is 0. The van der Waals surface area contributed by atoms with Gasteiger partial charge in [-0.3, -0.25) is 4.79 Å². The minimum atomic E-state index is -0.331. The normalized spacial score (nSPS) is 45.6. The van der Waals surface area contributed by atoms with Gasteiger partial charge in [0.05, 0.1) is 5.41 Å². The first-order chi connectivity index (χ1) is 8.37. The largest absolute Gasteiger partial charge is 0.458 e. The van der Waals surface area contributed by atoms with Crippen LogP contribution < -0.4 is 0 Å². The Kier molecular flexibility index (Phi) is 2.60. The summed E-state index contributed by atoms with van der Waals surface area (Å²) in [6.07, 6.45) is 6.15. The molecule has 0 saturated heterocycles. The molecule has 0 spiro atoms. The summed E-state index contributed by atoms with van der Waals surface area (Å²) in [4.78, 5) is 12.4. The van der Waals surface area contributed by atoms with Crippen molar-refractivity contribution in [3.05, 3.63) is 0 Å². The summed E-state index contributed by atoms with van der Waals surface area (Å²) in [5.74, 6) is 3.08. The molecule has 2 heteroatoms. The van der Waals surface area contributed by atoms with E-state index in [2.05, 4.69) is 13.8 Å². The van der Waals surface area contributed by atoms with Crippen LogP contribution in [0.25, 0.3) is 0 Å². The highest BCUT2D eigenvalue weighted by Crippen LogP contribution is 2.64. The van der Waals surface area contributed by atoms with E-state index in [9.17, 15) is 4.79 Å². The Hall–Kier alpha value is -0.530. The monoisotopic (exact) mass is 250 g/mol. The molecule has 0 radical (unpaired) electrons. The quantitative estimate of drug-likeness (QED) is 0.712. The van der Waals surface area contributed by atoms with Crippen LogP contribution in [0.5, 0.6) is 0 Å². The Labute approximate surface area is 110 Å². The second-order valence-electron chi connectivity index (χ2n) is 7.68. The average Bonchev–Trinajstić information content (AvgIpc) is 2.71. The fraction of sp³-hybridized carbons (Fsp3) is 0.938. The predicted octanol–water partition coefficient (Wildman–Crippen LogP) is 3.79. The van der Waals surface area contributed by atoms with Gasteiger partial charge in [0, 0.05) is 5.92 Å². The molecule has 4 aliphatic carbocycles. The lowest BCUT2D eigenvalue weighted by molar-refractivity contribution is -0.181. The van der Waals surface area contributed by atoms with Crippen LogP contribution in [0.1, 0.15) is 59.8 Å². The zero-order valence-electron chi connectivity index (χ0n) is 12.2. The first-order valence-electron chi connectivity index (χ1n) is 7.60. The molecule has 0 N–H and O–H groups in total. The molecule has 0 heterocycles. The van der Waals surface area contributed by atoms with Crippen LogP contribution in [-0.2, 0) is 9.53 Å². The third kappa shape index (κ3) is 1.57. The molecule has 18 heavy (non-hydrogen) atoms. The first kappa shape index (κ1) is 12.5. The third-order valence-corrected chi connectivity index (χ3v) is 6.29. The Morgan fingerprint density at radius 1 is 1.28 bits per heavy atom. The van der Waals surface area contributed by atoms with Crippen molar-refractivity contribution in [2.24, 2.45) is 29.1 Å². The summed E-state index contributed by atoms with van der Waals surface area (Å²) >= 11 is 0. The van der Waals surface area contributed by atoms with Gasteiger partial charge >= 0.3 is 5.97 Å². The maximum Gasteiger partial charge on any atom is 0.312 e. The van der Waals surface area contributed by atoms with E-state index in [1.807, 2.05) is 13.8 Å². The molecule has 0 aliphatic heterocycles. The molecule has 0 aromatic heterocycles. The maximum absolute atomic E-state index is 12.4. The van der Waals surface area contributed by atoms with E-state index in [4.69, 9.17) is 4.74 Å². The molecule has 2 nitrogen and oxygen atoms in total. The zero-order chi connectivity index (χ0) is 13.1. The number of carbonyl (C=O) groups excluding carboxylic acids is 1. The number of ether oxygens (including phenoxy) is 1. The first-order valence-corrected chi connectivity index (χ1v) is 7.60. The van der Waals surface area contributed by atoms with Gasteiger partial charge in [-0.25, -0.2) is 0 Å². The van der Waals surface area contributed by atoms with E-state index in [-0.39, 0.29) is 17.0 Å². The molecule has 4 rings (SSSR count). The van der Waals surface area contributed by atoms with Crippen molar-refractivity contribution >= 4 is 5.97 Å². The Morgan fingerprint density at radius 2 is 2.00 bits per heavy atom. The van der Waals surface area contributed by atoms with E-state index >= 15 is 0 Å². The van der Waals surface area contributed by atoms with Crippen molar-refractivity contribution in [1.82, 2.24) is 0 Å². The van der Waals surface area contributed by atoms with Crippen molar-refractivity contribution in [1.29, 1.82) is 0 Å². The smallest absolute Gasteiger partial charge is 0.312 e. The van der Waals surface area contributed by atoms with Gasteiger partial charge in [-0.05, 0) is 70.6 Å². The van der Waals surface area contributed by atoms with Crippen molar-refractivity contribution in [2.75, 3.05) is 0 Å². The molecule has 4 saturated carbocycles. The third-order valence-electron chi connectivity index (χ3n) is 6.29. The Balaban J connectivity index is 1.79. The number of esters is 1. The van der Waals surface area contributed by atoms with Crippen LogP contribution in [-0.4, -0.2) is 11.6 Å². The van der Waals surface area contributed by atoms with Crippen LogP contribution in [0.2, 0.25) is 0 Å². The van der Waals surface area contributed by atoms with E-state index < -0.39 is 0 Å². The van der Waals surface area contributed by atoms with Crippen LogP contribution in [0.4, 0.5) is 0 Å². The lowest BCUT2D eigenvalue weighted by atomic mass is 9.73. The van der Waals surface area contributed by atoms with Crippen LogP contribution >= 0.6 is 0 Å². The van der Waals surface area contributed by atoms with Crippen LogP contribution in [0, 0.1) is 29.1 Å². The predicted molar refractivity (Wildman–Crippen MR) is 71.0 cm³/mol. The van der Waals surface area contributed by atoms with Gasteiger partial charge in [0.1, 0.15) is 5.60 Å². The van der Waals surface area contributed by atoms with Gasteiger partial charge in [0.25, 0.3) is 0 Å². The highest BCUT2D eigenvalue weighted by Gasteiger charge is 2.62. The van der Waals surface area contributed by atoms with Gasteiger partial charge in [0.2, 0.25) is 0 Å². The SMILES string of the molecule is CCC(C)(C)C(=O)OC1(C)C2CC3CC(C2)C1C3. The van der Waals surface area contributed by atoms with Gasteiger partial charge in [-0.2, -0.15) is 0 Å². The lowest BCUT2D eigenvalue weighted by Crippen LogP contribution is -2.47. The average molecular weight is 250 g/mol. The van der Waals surface area contributed by atoms with E-state index in [1.54, 1.807) is 0 Å². The topological polar surface area (TPSA) is 26.3 Å². The van der Waals surface area contributed by atoms with Crippen molar-refractivity contribution in [3.63, 3.8) is 0 Å². The summed E-state index contributed by atoms with van der Waals surface area (Å²) in [5, 5.41) is 0. The fourth-order valence-corrected chi connectivity index (χ4v) is 4.67. The maximum atomic E-state index is 12.4. The molecule has 5 atom stereocenters. The van der Waals surface area contributed by atoms with E-state index in [1.165, 1.54) is 25.7 Å². The second-order valence-corrected chi connectivity index (χ2v) is 7.68. The molecule has 0 amide bonds. The number of rotatable bonds is 3. The standard InChI is InChI=1S/C16H26O2/c1-5-15(2,3)14(17)18-16(4)12-7-10-6-11(9-12)13(16)8-10/h10-13H,5-9H2,1-4H3. The minimum absolute atomic E-state index is 0.0171. The highest BCUT2D eigenvalue weighted by atomic mass is 16.6. The van der Waals surface area contributed by atoms with Gasteiger partial charge in [0.15, 0.2) is 0 Å². The summed E-state index contributed by atoms with van der Waals surface area (Å²) in [7, 11) is 0. The van der Waals surface area contributed by atoms with E-state index in [0.29, 0.717) is 11.8 Å². The molecular weight excluding hydrogens is 224 g/mol. The Bertz CT molecular complexity index is 369. The van der Waals surface area contributed by atoms with Crippen LogP contribution in [0.15, 0.2) is 0 Å². The summed E-state index contributed by atoms with van der Waals surface area (Å²) < 4.78 is 6.08. The van der Waals surface area contributed by atoms with Crippen molar-refractivity contribution in [2.45, 2.75) is 65.4 Å². The van der Waals surface area contributed by atoms with Crippen molar-refractivity contribution < 1.29 is 9.53 Å². The van der Waals surface area contributed by atoms with Gasteiger partial charge in [-0.15, -0.1) is 0 Å².